The summed E-state index contributed by atoms with van der Waals surface area (Å²) in [6.45, 7) is 1.84. The van der Waals surface area contributed by atoms with Gasteiger partial charge in [-0.1, -0.05) is 47.5 Å². The SMILES string of the molecule is Cc1ccccc1CC(=O)NCC(=O)Nc1ccc(Cl)c(Cl)c1. The molecule has 0 saturated heterocycles. The second kappa shape index (κ2) is 7.99. The average molecular weight is 351 g/mol. The van der Waals surface area contributed by atoms with Crippen LogP contribution in [0.4, 0.5) is 5.69 Å². The van der Waals surface area contributed by atoms with Gasteiger partial charge in [-0.3, -0.25) is 9.59 Å². The van der Waals surface area contributed by atoms with Gasteiger partial charge in [0.15, 0.2) is 0 Å². The van der Waals surface area contributed by atoms with Crippen LogP contribution in [0.2, 0.25) is 10.0 Å². The molecular weight excluding hydrogens is 335 g/mol. The Morgan fingerprint density at radius 3 is 2.43 bits per heavy atom. The molecule has 0 aliphatic heterocycles. The van der Waals surface area contributed by atoms with Crippen LogP contribution in [0.25, 0.3) is 0 Å². The predicted molar refractivity (Wildman–Crippen MR) is 93.0 cm³/mol. The molecule has 0 bridgehead atoms. The summed E-state index contributed by atoms with van der Waals surface area (Å²) in [7, 11) is 0. The van der Waals surface area contributed by atoms with Crippen molar-refractivity contribution in [1.29, 1.82) is 0 Å². The molecule has 0 heterocycles. The molecule has 0 aliphatic rings. The summed E-state index contributed by atoms with van der Waals surface area (Å²) >= 11 is 11.7. The molecule has 0 saturated carbocycles. The maximum Gasteiger partial charge on any atom is 0.243 e. The summed E-state index contributed by atoms with van der Waals surface area (Å²) < 4.78 is 0. The van der Waals surface area contributed by atoms with Crippen LogP contribution < -0.4 is 10.6 Å². The Labute approximate surface area is 144 Å². The van der Waals surface area contributed by atoms with Gasteiger partial charge in [0.05, 0.1) is 23.0 Å². The number of amides is 2. The Bertz CT molecular complexity index is 732. The summed E-state index contributed by atoms with van der Waals surface area (Å²) in [6.07, 6.45) is 0.243. The van der Waals surface area contributed by atoms with E-state index in [4.69, 9.17) is 23.2 Å². The zero-order valence-electron chi connectivity index (χ0n) is 12.5. The lowest BCUT2D eigenvalue weighted by molar-refractivity contribution is -0.123. The molecule has 0 aliphatic carbocycles. The number of carbonyl (C=O) groups is 2. The molecule has 0 spiro atoms. The van der Waals surface area contributed by atoms with Crippen molar-refractivity contribution >= 4 is 40.7 Å². The number of benzene rings is 2. The van der Waals surface area contributed by atoms with Crippen molar-refractivity contribution in [3.05, 3.63) is 63.6 Å². The molecule has 2 amide bonds. The third-order valence-electron chi connectivity index (χ3n) is 3.26. The van der Waals surface area contributed by atoms with Crippen molar-refractivity contribution in [2.75, 3.05) is 11.9 Å². The van der Waals surface area contributed by atoms with E-state index in [-0.39, 0.29) is 24.8 Å². The average Bonchev–Trinajstić information content (AvgIpc) is 2.51. The van der Waals surface area contributed by atoms with E-state index in [1.165, 1.54) is 0 Å². The summed E-state index contributed by atoms with van der Waals surface area (Å²) in [4.78, 5) is 23.7. The highest BCUT2D eigenvalue weighted by Gasteiger charge is 2.09. The smallest absolute Gasteiger partial charge is 0.243 e. The summed E-state index contributed by atoms with van der Waals surface area (Å²) in [5.41, 5.74) is 2.51. The van der Waals surface area contributed by atoms with Gasteiger partial charge >= 0.3 is 0 Å². The highest BCUT2D eigenvalue weighted by atomic mass is 35.5. The molecule has 0 radical (unpaired) electrons. The third kappa shape index (κ3) is 5.27. The second-order valence-corrected chi connectivity index (χ2v) is 5.87. The Balaban J connectivity index is 1.83. The summed E-state index contributed by atoms with van der Waals surface area (Å²) in [5, 5.41) is 6.01. The van der Waals surface area contributed by atoms with Gasteiger partial charge < -0.3 is 10.6 Å². The normalized spacial score (nSPS) is 10.2. The van der Waals surface area contributed by atoms with Gasteiger partial charge in [-0.2, -0.15) is 0 Å². The van der Waals surface area contributed by atoms with Gasteiger partial charge in [-0.05, 0) is 36.2 Å². The molecule has 4 nitrogen and oxygen atoms in total. The van der Waals surface area contributed by atoms with Gasteiger partial charge in [0.2, 0.25) is 11.8 Å². The summed E-state index contributed by atoms with van der Waals surface area (Å²) in [5.74, 6) is -0.537. The second-order valence-electron chi connectivity index (χ2n) is 5.06. The van der Waals surface area contributed by atoms with Crippen LogP contribution in [0.1, 0.15) is 11.1 Å². The standard InChI is InChI=1S/C17H16Cl2N2O2/c1-11-4-2-3-5-12(11)8-16(22)20-10-17(23)21-13-6-7-14(18)15(19)9-13/h2-7,9H,8,10H2,1H3,(H,20,22)(H,21,23). The summed E-state index contributed by atoms with van der Waals surface area (Å²) in [6, 6.07) is 12.4. The van der Waals surface area contributed by atoms with E-state index < -0.39 is 0 Å². The fraction of sp³-hybridized carbons (Fsp3) is 0.176. The molecule has 2 aromatic rings. The van der Waals surface area contributed by atoms with Crippen LogP contribution in [-0.4, -0.2) is 18.4 Å². The minimum atomic E-state index is -0.332. The highest BCUT2D eigenvalue weighted by molar-refractivity contribution is 6.42. The number of rotatable bonds is 5. The van der Waals surface area contributed by atoms with E-state index in [0.29, 0.717) is 15.7 Å². The van der Waals surface area contributed by atoms with Crippen molar-refractivity contribution in [3.63, 3.8) is 0 Å². The predicted octanol–water partition coefficient (Wildman–Crippen LogP) is 3.60. The molecule has 0 fully saturated rings. The van der Waals surface area contributed by atoms with E-state index in [1.54, 1.807) is 18.2 Å². The van der Waals surface area contributed by atoms with Gasteiger partial charge in [0.25, 0.3) is 0 Å². The molecule has 6 heteroatoms. The fourth-order valence-corrected chi connectivity index (χ4v) is 2.30. The van der Waals surface area contributed by atoms with Crippen LogP contribution in [-0.2, 0) is 16.0 Å². The first-order chi connectivity index (χ1) is 11.0. The Morgan fingerprint density at radius 2 is 1.74 bits per heavy atom. The van der Waals surface area contributed by atoms with Crippen LogP contribution in [0.15, 0.2) is 42.5 Å². The van der Waals surface area contributed by atoms with E-state index in [9.17, 15) is 9.59 Å². The maximum atomic E-state index is 11.9. The first-order valence-corrected chi connectivity index (χ1v) is 7.77. The molecule has 0 aromatic heterocycles. The number of halogens is 2. The zero-order chi connectivity index (χ0) is 16.8. The quantitative estimate of drug-likeness (QED) is 0.865. The van der Waals surface area contributed by atoms with Gasteiger partial charge in [0.1, 0.15) is 0 Å². The fourth-order valence-electron chi connectivity index (χ4n) is 2.00. The van der Waals surface area contributed by atoms with Gasteiger partial charge in [-0.25, -0.2) is 0 Å². The lowest BCUT2D eigenvalue weighted by Gasteiger charge is -2.09. The molecule has 23 heavy (non-hydrogen) atoms. The number of anilines is 1. The van der Waals surface area contributed by atoms with Crippen molar-refractivity contribution in [1.82, 2.24) is 5.32 Å². The molecule has 0 atom stereocenters. The number of hydrogen-bond acceptors (Lipinski definition) is 2. The molecule has 2 aromatic carbocycles. The minimum absolute atomic E-state index is 0.106. The van der Waals surface area contributed by atoms with Gasteiger partial charge in [-0.15, -0.1) is 0 Å². The number of nitrogens with one attached hydrogen (secondary N) is 2. The van der Waals surface area contributed by atoms with E-state index in [2.05, 4.69) is 10.6 Å². The Hall–Kier alpha value is -2.04. The lowest BCUT2D eigenvalue weighted by Crippen LogP contribution is -2.33. The molecule has 0 unspecified atom stereocenters. The van der Waals surface area contributed by atoms with E-state index >= 15 is 0 Å². The zero-order valence-corrected chi connectivity index (χ0v) is 14.0. The Morgan fingerprint density at radius 1 is 1.00 bits per heavy atom. The first kappa shape index (κ1) is 17.3. The third-order valence-corrected chi connectivity index (χ3v) is 4.00. The van der Waals surface area contributed by atoms with Crippen molar-refractivity contribution in [2.24, 2.45) is 0 Å². The molecule has 2 rings (SSSR count). The minimum Gasteiger partial charge on any atom is -0.347 e. The lowest BCUT2D eigenvalue weighted by atomic mass is 10.1. The monoisotopic (exact) mass is 350 g/mol. The van der Waals surface area contributed by atoms with Crippen molar-refractivity contribution in [3.8, 4) is 0 Å². The van der Waals surface area contributed by atoms with Crippen LogP contribution >= 0.6 is 23.2 Å². The van der Waals surface area contributed by atoms with Crippen LogP contribution in [0, 0.1) is 6.92 Å². The molecular formula is C17H16Cl2N2O2. The van der Waals surface area contributed by atoms with Crippen LogP contribution in [0.3, 0.4) is 0 Å². The van der Waals surface area contributed by atoms with Crippen molar-refractivity contribution in [2.45, 2.75) is 13.3 Å². The highest BCUT2D eigenvalue weighted by Crippen LogP contribution is 2.24. The number of carbonyl (C=O) groups excluding carboxylic acids is 2. The molecule has 2 N–H and O–H groups in total. The van der Waals surface area contributed by atoms with E-state index in [1.807, 2.05) is 31.2 Å². The molecule has 120 valence electrons. The van der Waals surface area contributed by atoms with Crippen LogP contribution in [0.5, 0.6) is 0 Å². The maximum absolute atomic E-state index is 11.9. The van der Waals surface area contributed by atoms with Gasteiger partial charge in [0, 0.05) is 5.69 Å². The first-order valence-electron chi connectivity index (χ1n) is 7.02. The van der Waals surface area contributed by atoms with E-state index in [0.717, 1.165) is 11.1 Å². The van der Waals surface area contributed by atoms with Crippen molar-refractivity contribution < 1.29 is 9.59 Å². The topological polar surface area (TPSA) is 58.2 Å². The largest absolute Gasteiger partial charge is 0.347 e. The number of hydrogen-bond donors (Lipinski definition) is 2. The Kier molecular flexibility index (Phi) is 6.02. The number of aryl methyl sites for hydroxylation is 1.